The van der Waals surface area contributed by atoms with Crippen LogP contribution in [-0.4, -0.2) is 45.5 Å². The lowest BCUT2D eigenvalue weighted by molar-refractivity contribution is -0.119. The van der Waals surface area contributed by atoms with Crippen LogP contribution < -0.4 is 10.6 Å². The van der Waals surface area contributed by atoms with Gasteiger partial charge in [0.15, 0.2) is 9.84 Å². The summed E-state index contributed by atoms with van der Waals surface area (Å²) in [6.07, 6.45) is 3.25. The Morgan fingerprint density at radius 2 is 1.88 bits per heavy atom. The quantitative estimate of drug-likeness (QED) is 0.744. The third-order valence-corrected chi connectivity index (χ3v) is 6.25. The van der Waals surface area contributed by atoms with Crippen molar-refractivity contribution in [2.45, 2.75) is 32.6 Å². The fraction of sp³-hybridized carbons (Fsp3) is 0.611. The molecule has 1 aliphatic rings. The van der Waals surface area contributed by atoms with E-state index in [1.807, 2.05) is 30.3 Å². The van der Waals surface area contributed by atoms with Gasteiger partial charge >= 0.3 is 0 Å². The molecule has 1 aliphatic heterocycles. The predicted octanol–water partition coefficient (Wildman–Crippen LogP) is 1.54. The Labute approximate surface area is 145 Å². The first-order valence-corrected chi connectivity index (χ1v) is 10.4. The maximum absolute atomic E-state index is 12.1. The first kappa shape index (κ1) is 18.9. The average Bonchev–Trinajstić information content (AvgIpc) is 2.54. The third-order valence-electron chi connectivity index (χ3n) is 4.64. The van der Waals surface area contributed by atoms with E-state index in [1.165, 1.54) is 0 Å². The second-order valence-corrected chi connectivity index (χ2v) is 9.20. The fourth-order valence-corrected chi connectivity index (χ4v) is 4.21. The number of benzene rings is 1. The molecule has 24 heavy (non-hydrogen) atoms. The van der Waals surface area contributed by atoms with E-state index in [0.29, 0.717) is 19.4 Å². The summed E-state index contributed by atoms with van der Waals surface area (Å²) >= 11 is 0. The normalized spacial score (nSPS) is 17.4. The molecular formula is C18H28N2O3S. The van der Waals surface area contributed by atoms with E-state index >= 15 is 0 Å². The number of aryl methyl sites for hydroxylation is 1. The van der Waals surface area contributed by atoms with Gasteiger partial charge in [0.2, 0.25) is 5.91 Å². The Bertz CT molecular complexity index is 623. The number of piperidine rings is 1. The molecule has 5 nitrogen and oxygen atoms in total. The lowest BCUT2D eigenvalue weighted by Crippen LogP contribution is -2.44. The Morgan fingerprint density at radius 1 is 1.21 bits per heavy atom. The molecule has 0 atom stereocenters. The summed E-state index contributed by atoms with van der Waals surface area (Å²) in [5, 5.41) is 6.11. The van der Waals surface area contributed by atoms with E-state index in [0.717, 1.165) is 31.5 Å². The molecule has 0 saturated carbocycles. The predicted molar refractivity (Wildman–Crippen MR) is 96.6 cm³/mol. The number of carbonyl (C=O) groups excluding carboxylic acids is 1. The molecule has 0 aromatic heterocycles. The number of hydrogen-bond donors (Lipinski definition) is 2. The van der Waals surface area contributed by atoms with Crippen LogP contribution in [0.4, 0.5) is 0 Å². The fourth-order valence-electron chi connectivity index (χ4n) is 2.98. The first-order valence-electron chi connectivity index (χ1n) is 8.60. The topological polar surface area (TPSA) is 75.3 Å². The van der Waals surface area contributed by atoms with Crippen molar-refractivity contribution in [1.29, 1.82) is 0 Å². The van der Waals surface area contributed by atoms with Crippen molar-refractivity contribution < 1.29 is 13.2 Å². The molecule has 0 aliphatic carbocycles. The maximum Gasteiger partial charge on any atom is 0.235 e. The van der Waals surface area contributed by atoms with Crippen molar-refractivity contribution in [3.05, 3.63) is 35.9 Å². The summed E-state index contributed by atoms with van der Waals surface area (Å²) in [6.45, 7) is 4.59. The summed E-state index contributed by atoms with van der Waals surface area (Å²) < 4.78 is 24.2. The molecule has 0 spiro atoms. The van der Waals surface area contributed by atoms with E-state index < -0.39 is 15.6 Å². The minimum atomic E-state index is -3.35. The molecule has 1 heterocycles. The molecule has 2 N–H and O–H groups in total. The van der Waals surface area contributed by atoms with E-state index in [4.69, 9.17) is 0 Å². The summed E-state index contributed by atoms with van der Waals surface area (Å²) in [7, 11) is -3.35. The lowest BCUT2D eigenvalue weighted by atomic mass is 9.81. The van der Waals surface area contributed by atoms with Crippen LogP contribution >= 0.6 is 0 Å². The van der Waals surface area contributed by atoms with Gasteiger partial charge in [0.1, 0.15) is 5.75 Å². The molecular weight excluding hydrogens is 324 g/mol. The first-order chi connectivity index (χ1) is 11.4. The van der Waals surface area contributed by atoms with Crippen LogP contribution in [0.1, 0.15) is 31.7 Å². The van der Waals surface area contributed by atoms with Gasteiger partial charge in [-0.05, 0) is 49.8 Å². The highest BCUT2D eigenvalue weighted by molar-refractivity contribution is 7.92. The van der Waals surface area contributed by atoms with Gasteiger partial charge in [-0.15, -0.1) is 0 Å². The molecule has 1 amide bonds. The Kier molecular flexibility index (Phi) is 6.80. The Morgan fingerprint density at radius 3 is 2.54 bits per heavy atom. The van der Waals surface area contributed by atoms with Crippen LogP contribution in [0.5, 0.6) is 0 Å². The highest BCUT2D eigenvalue weighted by Crippen LogP contribution is 2.26. The van der Waals surface area contributed by atoms with Crippen molar-refractivity contribution in [2.24, 2.45) is 5.41 Å². The molecule has 0 unspecified atom stereocenters. The van der Waals surface area contributed by atoms with Crippen LogP contribution in [0.3, 0.4) is 0 Å². The second kappa shape index (κ2) is 8.62. The standard InChI is InChI=1S/C18H28N2O3S/c1-18(9-11-19-12-10-18)15-20-17(21)14-24(22,23)13-5-8-16-6-3-2-4-7-16/h2-4,6-7,19H,5,8-15H2,1H3,(H,20,21). The van der Waals surface area contributed by atoms with Crippen molar-refractivity contribution in [1.82, 2.24) is 10.6 Å². The molecule has 1 aromatic carbocycles. The zero-order valence-electron chi connectivity index (χ0n) is 14.4. The van der Waals surface area contributed by atoms with Crippen molar-refractivity contribution in [3.8, 4) is 0 Å². The van der Waals surface area contributed by atoms with Gasteiger partial charge in [0, 0.05) is 6.54 Å². The van der Waals surface area contributed by atoms with Gasteiger partial charge < -0.3 is 10.6 Å². The molecule has 6 heteroatoms. The highest BCUT2D eigenvalue weighted by atomic mass is 32.2. The van der Waals surface area contributed by atoms with Crippen LogP contribution in [0.25, 0.3) is 0 Å². The van der Waals surface area contributed by atoms with Crippen molar-refractivity contribution >= 4 is 15.7 Å². The number of rotatable bonds is 8. The monoisotopic (exact) mass is 352 g/mol. The zero-order valence-corrected chi connectivity index (χ0v) is 15.2. The van der Waals surface area contributed by atoms with Crippen LogP contribution in [0, 0.1) is 5.41 Å². The number of hydrogen-bond acceptors (Lipinski definition) is 4. The highest BCUT2D eigenvalue weighted by Gasteiger charge is 2.27. The molecule has 134 valence electrons. The third kappa shape index (κ3) is 6.61. The van der Waals surface area contributed by atoms with Gasteiger partial charge in [-0.25, -0.2) is 8.42 Å². The minimum absolute atomic E-state index is 0.0521. The minimum Gasteiger partial charge on any atom is -0.355 e. The van der Waals surface area contributed by atoms with E-state index in [1.54, 1.807) is 0 Å². The SMILES string of the molecule is CC1(CNC(=O)CS(=O)(=O)CCCc2ccccc2)CCNCC1. The van der Waals surface area contributed by atoms with Crippen LogP contribution in [-0.2, 0) is 21.1 Å². The Hall–Kier alpha value is -1.40. The smallest absolute Gasteiger partial charge is 0.235 e. The van der Waals surface area contributed by atoms with Gasteiger partial charge in [-0.1, -0.05) is 37.3 Å². The lowest BCUT2D eigenvalue weighted by Gasteiger charge is -2.34. The zero-order chi connectivity index (χ0) is 17.5. The number of carbonyl (C=O) groups is 1. The summed E-state index contributed by atoms with van der Waals surface area (Å²) in [6, 6.07) is 9.79. The average molecular weight is 353 g/mol. The van der Waals surface area contributed by atoms with Gasteiger partial charge in [-0.2, -0.15) is 0 Å². The van der Waals surface area contributed by atoms with Crippen LogP contribution in [0.2, 0.25) is 0 Å². The largest absolute Gasteiger partial charge is 0.355 e. The number of nitrogens with one attached hydrogen (secondary N) is 2. The Balaban J connectivity index is 1.71. The summed E-state index contributed by atoms with van der Waals surface area (Å²) in [4.78, 5) is 12.0. The van der Waals surface area contributed by atoms with Crippen molar-refractivity contribution in [3.63, 3.8) is 0 Å². The summed E-state index contributed by atoms with van der Waals surface area (Å²) in [5.74, 6) is -0.735. The molecule has 2 rings (SSSR count). The molecule has 1 saturated heterocycles. The number of sulfone groups is 1. The molecule has 1 aromatic rings. The van der Waals surface area contributed by atoms with Gasteiger partial charge in [0.05, 0.1) is 5.75 Å². The molecule has 0 radical (unpaired) electrons. The summed E-state index contributed by atoms with van der Waals surface area (Å²) in [5.41, 5.74) is 1.19. The second-order valence-electron chi connectivity index (χ2n) is 7.02. The van der Waals surface area contributed by atoms with Gasteiger partial charge in [0.25, 0.3) is 0 Å². The molecule has 0 bridgehead atoms. The number of amides is 1. The van der Waals surface area contributed by atoms with Gasteiger partial charge in [-0.3, -0.25) is 4.79 Å². The van der Waals surface area contributed by atoms with E-state index in [9.17, 15) is 13.2 Å². The van der Waals surface area contributed by atoms with Crippen LogP contribution in [0.15, 0.2) is 30.3 Å². The van der Waals surface area contributed by atoms with E-state index in [2.05, 4.69) is 17.6 Å². The van der Waals surface area contributed by atoms with Crippen molar-refractivity contribution in [2.75, 3.05) is 31.1 Å². The molecule has 1 fully saturated rings. The maximum atomic E-state index is 12.1. The van der Waals surface area contributed by atoms with E-state index in [-0.39, 0.29) is 17.1 Å².